The van der Waals surface area contributed by atoms with E-state index in [1.165, 1.54) is 6.42 Å². The molecule has 17 heavy (non-hydrogen) atoms. The van der Waals surface area contributed by atoms with Crippen molar-refractivity contribution in [2.45, 2.75) is 57.9 Å². The van der Waals surface area contributed by atoms with E-state index >= 15 is 0 Å². The van der Waals surface area contributed by atoms with Crippen molar-refractivity contribution < 1.29 is 14.5 Å². The molecular formula is C12H21NO4. The largest absolute Gasteiger partial charge is 0.461 e. The average molecular weight is 243 g/mol. The summed E-state index contributed by atoms with van der Waals surface area (Å²) < 4.78 is 4.88. The minimum Gasteiger partial charge on any atom is -0.461 e. The van der Waals surface area contributed by atoms with Crippen LogP contribution in [-0.4, -0.2) is 23.5 Å². The zero-order valence-corrected chi connectivity index (χ0v) is 10.4. The normalized spacial score (nSPS) is 18.6. The first kappa shape index (κ1) is 13.9. The number of carbonyl (C=O) groups excluding carboxylic acids is 1. The highest BCUT2D eigenvalue weighted by molar-refractivity contribution is 5.74. The number of carbonyl (C=O) groups is 1. The van der Waals surface area contributed by atoms with E-state index < -0.39 is 16.9 Å². The van der Waals surface area contributed by atoms with Crippen LogP contribution in [0.4, 0.5) is 0 Å². The zero-order chi connectivity index (χ0) is 12.7. The molecule has 0 amide bonds. The third kappa shape index (κ3) is 4.71. The summed E-state index contributed by atoms with van der Waals surface area (Å²) in [6.07, 6.45) is 6.50. The van der Waals surface area contributed by atoms with Gasteiger partial charge < -0.3 is 4.74 Å². The molecule has 1 aliphatic rings. The lowest BCUT2D eigenvalue weighted by Gasteiger charge is -2.22. The number of hydrogen-bond donors (Lipinski definition) is 0. The highest BCUT2D eigenvalue weighted by Crippen LogP contribution is 2.28. The first-order valence-electron chi connectivity index (χ1n) is 6.45. The smallest absolute Gasteiger partial charge is 0.381 e. The second kappa shape index (κ2) is 7.25. The number of esters is 1. The molecule has 5 nitrogen and oxygen atoms in total. The lowest BCUT2D eigenvalue weighted by molar-refractivity contribution is -0.512. The summed E-state index contributed by atoms with van der Waals surface area (Å²) in [5.74, 6) is -0.351. The monoisotopic (exact) mass is 243 g/mol. The van der Waals surface area contributed by atoms with Gasteiger partial charge in [-0.05, 0) is 12.3 Å². The summed E-state index contributed by atoms with van der Waals surface area (Å²) in [5, 5.41) is 10.9. The lowest BCUT2D eigenvalue weighted by atomic mass is 9.85. The van der Waals surface area contributed by atoms with Gasteiger partial charge >= 0.3 is 12.0 Å². The van der Waals surface area contributed by atoms with E-state index in [9.17, 15) is 14.9 Å². The van der Waals surface area contributed by atoms with E-state index in [-0.39, 0.29) is 6.61 Å². The Morgan fingerprint density at radius 1 is 1.41 bits per heavy atom. The summed E-state index contributed by atoms with van der Waals surface area (Å²) in [4.78, 5) is 21.9. The number of hydrogen-bond acceptors (Lipinski definition) is 4. The Kier molecular flexibility index (Phi) is 5.94. The first-order chi connectivity index (χ1) is 8.15. The molecule has 1 saturated carbocycles. The van der Waals surface area contributed by atoms with Gasteiger partial charge in [0, 0.05) is 11.3 Å². The van der Waals surface area contributed by atoms with Crippen LogP contribution in [0.2, 0.25) is 0 Å². The van der Waals surface area contributed by atoms with Gasteiger partial charge in [0.25, 0.3) is 0 Å². The number of nitro groups is 1. The molecule has 1 unspecified atom stereocenters. The van der Waals surface area contributed by atoms with Crippen molar-refractivity contribution in [2.24, 2.45) is 5.92 Å². The molecule has 0 bridgehead atoms. The van der Waals surface area contributed by atoms with Gasteiger partial charge in [0.15, 0.2) is 0 Å². The van der Waals surface area contributed by atoms with Crippen LogP contribution in [0.25, 0.3) is 0 Å². The molecule has 0 saturated heterocycles. The summed E-state index contributed by atoms with van der Waals surface area (Å²) in [5.41, 5.74) is 0. The fourth-order valence-electron chi connectivity index (χ4n) is 2.31. The second-order valence-corrected chi connectivity index (χ2v) is 4.71. The Labute approximate surface area is 102 Å². The Morgan fingerprint density at radius 3 is 2.59 bits per heavy atom. The van der Waals surface area contributed by atoms with Gasteiger partial charge in [0.05, 0.1) is 6.61 Å². The maximum Gasteiger partial charge on any atom is 0.381 e. The molecule has 0 aromatic heterocycles. The Balaban J connectivity index is 2.46. The van der Waals surface area contributed by atoms with Crippen LogP contribution in [0, 0.1) is 16.0 Å². The van der Waals surface area contributed by atoms with Gasteiger partial charge in [0.2, 0.25) is 0 Å². The molecule has 1 fully saturated rings. The topological polar surface area (TPSA) is 69.4 Å². The van der Waals surface area contributed by atoms with Gasteiger partial charge in [-0.3, -0.25) is 10.1 Å². The molecule has 0 N–H and O–H groups in total. The zero-order valence-electron chi connectivity index (χ0n) is 10.4. The van der Waals surface area contributed by atoms with E-state index in [0.29, 0.717) is 18.8 Å². The SMILES string of the molecule is CCCOC(=O)C(CC1CCCCC1)[N+](=O)[O-]. The summed E-state index contributed by atoms with van der Waals surface area (Å²) in [6, 6.07) is -1.16. The summed E-state index contributed by atoms with van der Waals surface area (Å²) in [6.45, 7) is 2.14. The Hall–Kier alpha value is -1.13. The van der Waals surface area contributed by atoms with Crippen LogP contribution < -0.4 is 0 Å². The quantitative estimate of drug-likeness (QED) is 0.408. The van der Waals surface area contributed by atoms with Crippen LogP contribution in [0.5, 0.6) is 0 Å². The van der Waals surface area contributed by atoms with Crippen LogP contribution >= 0.6 is 0 Å². The van der Waals surface area contributed by atoms with Crippen LogP contribution in [0.3, 0.4) is 0 Å². The molecule has 1 aliphatic carbocycles. The molecular weight excluding hydrogens is 222 g/mol. The molecule has 0 spiro atoms. The molecule has 0 aromatic rings. The minimum atomic E-state index is -1.16. The summed E-state index contributed by atoms with van der Waals surface area (Å²) in [7, 11) is 0. The summed E-state index contributed by atoms with van der Waals surface area (Å²) >= 11 is 0. The Morgan fingerprint density at radius 2 is 2.06 bits per heavy atom. The Bertz CT molecular complexity index is 261. The maximum atomic E-state index is 11.6. The molecule has 0 aliphatic heterocycles. The van der Waals surface area contributed by atoms with Crippen molar-refractivity contribution >= 4 is 5.97 Å². The highest BCUT2D eigenvalue weighted by Gasteiger charge is 2.34. The number of ether oxygens (including phenoxy) is 1. The van der Waals surface area contributed by atoms with Crippen LogP contribution in [0.1, 0.15) is 51.9 Å². The molecule has 98 valence electrons. The maximum absolute atomic E-state index is 11.6. The minimum absolute atomic E-state index is 0.272. The van der Waals surface area contributed by atoms with Crippen molar-refractivity contribution in [3.05, 3.63) is 10.1 Å². The molecule has 0 heterocycles. The van der Waals surface area contributed by atoms with Crippen molar-refractivity contribution in [3.8, 4) is 0 Å². The van der Waals surface area contributed by atoms with Crippen molar-refractivity contribution in [1.82, 2.24) is 0 Å². The van der Waals surface area contributed by atoms with Crippen molar-refractivity contribution in [1.29, 1.82) is 0 Å². The molecule has 0 aromatic carbocycles. The molecule has 0 radical (unpaired) electrons. The predicted molar refractivity (Wildman–Crippen MR) is 63.2 cm³/mol. The first-order valence-corrected chi connectivity index (χ1v) is 6.45. The number of rotatable bonds is 6. The molecule has 1 atom stereocenters. The molecule has 1 rings (SSSR count). The average Bonchev–Trinajstić information content (AvgIpc) is 2.34. The lowest BCUT2D eigenvalue weighted by Crippen LogP contribution is -2.34. The van der Waals surface area contributed by atoms with E-state index in [1.807, 2.05) is 6.92 Å². The van der Waals surface area contributed by atoms with Crippen LogP contribution in [0.15, 0.2) is 0 Å². The van der Waals surface area contributed by atoms with Crippen LogP contribution in [-0.2, 0) is 9.53 Å². The van der Waals surface area contributed by atoms with Gasteiger partial charge in [-0.2, -0.15) is 0 Å². The van der Waals surface area contributed by atoms with E-state index in [4.69, 9.17) is 4.74 Å². The number of nitrogens with zero attached hydrogens (tertiary/aromatic N) is 1. The highest BCUT2D eigenvalue weighted by atomic mass is 16.6. The third-order valence-corrected chi connectivity index (χ3v) is 3.26. The standard InChI is InChI=1S/C12H21NO4/c1-2-8-17-12(14)11(13(15)16)9-10-6-4-3-5-7-10/h10-11H,2-9H2,1H3. The molecule has 5 heteroatoms. The third-order valence-electron chi connectivity index (χ3n) is 3.26. The van der Waals surface area contributed by atoms with E-state index in [0.717, 1.165) is 25.7 Å². The predicted octanol–water partition coefficient (Wildman–Crippen LogP) is 2.56. The van der Waals surface area contributed by atoms with Crippen molar-refractivity contribution in [3.63, 3.8) is 0 Å². The fourth-order valence-corrected chi connectivity index (χ4v) is 2.31. The fraction of sp³-hybridized carbons (Fsp3) is 0.917. The van der Waals surface area contributed by atoms with Gasteiger partial charge in [-0.15, -0.1) is 0 Å². The van der Waals surface area contributed by atoms with Gasteiger partial charge in [0.1, 0.15) is 0 Å². The second-order valence-electron chi connectivity index (χ2n) is 4.71. The van der Waals surface area contributed by atoms with Crippen molar-refractivity contribution in [2.75, 3.05) is 6.61 Å². The van der Waals surface area contributed by atoms with Gasteiger partial charge in [-0.1, -0.05) is 39.0 Å². The van der Waals surface area contributed by atoms with Gasteiger partial charge in [-0.25, -0.2) is 4.79 Å². The van der Waals surface area contributed by atoms with E-state index in [1.54, 1.807) is 0 Å². The van der Waals surface area contributed by atoms with E-state index in [2.05, 4.69) is 0 Å².